The molecule has 3 heteroatoms. The van der Waals surface area contributed by atoms with Crippen LogP contribution in [0.4, 0.5) is 0 Å². The molecule has 1 heterocycles. The van der Waals surface area contributed by atoms with Gasteiger partial charge in [0.15, 0.2) is 0 Å². The molecule has 1 atom stereocenters. The predicted molar refractivity (Wildman–Crippen MR) is 77.6 cm³/mol. The van der Waals surface area contributed by atoms with Crippen LogP contribution in [-0.2, 0) is 4.74 Å². The third-order valence-corrected chi connectivity index (χ3v) is 3.74. The third kappa shape index (κ3) is 4.51. The summed E-state index contributed by atoms with van der Waals surface area (Å²) in [6.45, 7) is 7.86. The molecule has 106 valence electrons. The normalized spacial score (nSPS) is 18.2. The highest BCUT2D eigenvalue weighted by Crippen LogP contribution is 2.19. The van der Waals surface area contributed by atoms with Crippen molar-refractivity contribution in [1.82, 2.24) is 5.32 Å². The standard InChI is InChI=1S/C16H25NO2/c1-3-19-16-6-4-15(5-7-16)13(2)17-12-14-8-10-18-11-9-14/h4-7,13-14,17H,3,8-12H2,1-2H3. The largest absolute Gasteiger partial charge is 0.494 e. The maximum atomic E-state index is 5.46. The number of nitrogens with one attached hydrogen (secondary N) is 1. The van der Waals surface area contributed by atoms with E-state index in [0.29, 0.717) is 6.04 Å². The quantitative estimate of drug-likeness (QED) is 0.855. The molecule has 0 amide bonds. The van der Waals surface area contributed by atoms with Gasteiger partial charge >= 0.3 is 0 Å². The van der Waals surface area contributed by atoms with E-state index in [1.165, 1.54) is 18.4 Å². The number of rotatable bonds is 6. The fraction of sp³-hybridized carbons (Fsp3) is 0.625. The van der Waals surface area contributed by atoms with E-state index in [9.17, 15) is 0 Å². The highest BCUT2D eigenvalue weighted by molar-refractivity contribution is 5.28. The second-order valence-corrected chi connectivity index (χ2v) is 5.19. The highest BCUT2D eigenvalue weighted by Gasteiger charge is 2.14. The minimum Gasteiger partial charge on any atom is -0.494 e. The smallest absolute Gasteiger partial charge is 0.119 e. The number of benzene rings is 1. The molecule has 1 unspecified atom stereocenters. The van der Waals surface area contributed by atoms with Gasteiger partial charge in [-0.1, -0.05) is 12.1 Å². The Balaban J connectivity index is 1.79. The molecule has 1 aromatic carbocycles. The van der Waals surface area contributed by atoms with Crippen molar-refractivity contribution in [3.63, 3.8) is 0 Å². The van der Waals surface area contributed by atoms with Gasteiger partial charge in [0, 0.05) is 19.3 Å². The lowest BCUT2D eigenvalue weighted by atomic mass is 9.99. The van der Waals surface area contributed by atoms with Gasteiger partial charge in [0.2, 0.25) is 0 Å². The fourth-order valence-electron chi connectivity index (χ4n) is 2.43. The van der Waals surface area contributed by atoms with Gasteiger partial charge in [-0.25, -0.2) is 0 Å². The number of ether oxygens (including phenoxy) is 2. The maximum Gasteiger partial charge on any atom is 0.119 e. The van der Waals surface area contributed by atoms with Crippen LogP contribution in [0.5, 0.6) is 5.75 Å². The molecule has 1 aliphatic rings. The molecule has 0 radical (unpaired) electrons. The Morgan fingerprint density at radius 3 is 2.58 bits per heavy atom. The van der Waals surface area contributed by atoms with E-state index in [4.69, 9.17) is 9.47 Å². The summed E-state index contributed by atoms with van der Waals surface area (Å²) in [4.78, 5) is 0. The topological polar surface area (TPSA) is 30.5 Å². The lowest BCUT2D eigenvalue weighted by molar-refractivity contribution is 0.0656. The average Bonchev–Trinajstić information content (AvgIpc) is 2.47. The van der Waals surface area contributed by atoms with Crippen LogP contribution in [-0.4, -0.2) is 26.4 Å². The zero-order valence-electron chi connectivity index (χ0n) is 12.0. The Kier molecular flexibility index (Phi) is 5.67. The molecule has 0 saturated carbocycles. The first-order chi connectivity index (χ1) is 9.29. The molecule has 0 aromatic heterocycles. The minimum absolute atomic E-state index is 0.388. The summed E-state index contributed by atoms with van der Waals surface area (Å²) in [5.74, 6) is 1.71. The molecule has 1 N–H and O–H groups in total. The monoisotopic (exact) mass is 263 g/mol. The Morgan fingerprint density at radius 1 is 1.26 bits per heavy atom. The van der Waals surface area contributed by atoms with E-state index in [-0.39, 0.29) is 0 Å². The molecule has 1 fully saturated rings. The first-order valence-corrected chi connectivity index (χ1v) is 7.33. The van der Waals surface area contributed by atoms with Gasteiger partial charge in [0.05, 0.1) is 6.61 Å². The van der Waals surface area contributed by atoms with E-state index in [2.05, 4.69) is 24.4 Å². The molecule has 19 heavy (non-hydrogen) atoms. The second kappa shape index (κ2) is 7.51. The SMILES string of the molecule is CCOc1ccc(C(C)NCC2CCOCC2)cc1. The van der Waals surface area contributed by atoms with Crippen LogP contribution in [0.2, 0.25) is 0 Å². The lowest BCUT2D eigenvalue weighted by Gasteiger charge is -2.24. The molecular weight excluding hydrogens is 238 g/mol. The molecule has 2 rings (SSSR count). The number of hydrogen-bond donors (Lipinski definition) is 1. The molecule has 0 spiro atoms. The van der Waals surface area contributed by atoms with Crippen molar-refractivity contribution in [2.75, 3.05) is 26.4 Å². The van der Waals surface area contributed by atoms with E-state index in [1.807, 2.05) is 19.1 Å². The summed E-state index contributed by atoms with van der Waals surface area (Å²) < 4.78 is 10.8. The van der Waals surface area contributed by atoms with Crippen LogP contribution < -0.4 is 10.1 Å². The van der Waals surface area contributed by atoms with Crippen LogP contribution in [0.15, 0.2) is 24.3 Å². The van der Waals surface area contributed by atoms with Crippen molar-refractivity contribution in [1.29, 1.82) is 0 Å². The Labute approximate surface area is 116 Å². The third-order valence-electron chi connectivity index (χ3n) is 3.74. The number of hydrogen-bond acceptors (Lipinski definition) is 3. The van der Waals surface area contributed by atoms with Gasteiger partial charge < -0.3 is 14.8 Å². The van der Waals surface area contributed by atoms with E-state index in [1.54, 1.807) is 0 Å². The van der Waals surface area contributed by atoms with Gasteiger partial charge in [-0.2, -0.15) is 0 Å². The summed E-state index contributed by atoms with van der Waals surface area (Å²) in [5.41, 5.74) is 1.32. The Morgan fingerprint density at radius 2 is 1.95 bits per heavy atom. The predicted octanol–water partition coefficient (Wildman–Crippen LogP) is 3.16. The first kappa shape index (κ1) is 14.4. The summed E-state index contributed by atoms with van der Waals surface area (Å²) >= 11 is 0. The van der Waals surface area contributed by atoms with E-state index in [0.717, 1.165) is 38.0 Å². The van der Waals surface area contributed by atoms with E-state index < -0.39 is 0 Å². The van der Waals surface area contributed by atoms with Gasteiger partial charge in [-0.05, 0) is 56.8 Å². The summed E-state index contributed by atoms with van der Waals surface area (Å²) in [6, 6.07) is 8.77. The van der Waals surface area contributed by atoms with Gasteiger partial charge in [0.1, 0.15) is 5.75 Å². The van der Waals surface area contributed by atoms with Crippen molar-refractivity contribution in [3.05, 3.63) is 29.8 Å². The minimum atomic E-state index is 0.388. The molecule has 0 bridgehead atoms. The van der Waals surface area contributed by atoms with Crippen molar-refractivity contribution < 1.29 is 9.47 Å². The van der Waals surface area contributed by atoms with Gasteiger partial charge in [-0.3, -0.25) is 0 Å². The average molecular weight is 263 g/mol. The molecule has 1 aromatic rings. The first-order valence-electron chi connectivity index (χ1n) is 7.33. The van der Waals surface area contributed by atoms with Crippen molar-refractivity contribution in [3.8, 4) is 5.75 Å². The van der Waals surface area contributed by atoms with Crippen LogP contribution in [0, 0.1) is 5.92 Å². The Hall–Kier alpha value is -1.06. The molecule has 1 saturated heterocycles. The van der Waals surface area contributed by atoms with Crippen molar-refractivity contribution in [2.24, 2.45) is 5.92 Å². The highest BCUT2D eigenvalue weighted by atomic mass is 16.5. The fourth-order valence-corrected chi connectivity index (χ4v) is 2.43. The molecule has 3 nitrogen and oxygen atoms in total. The molecule has 0 aliphatic carbocycles. The zero-order chi connectivity index (χ0) is 13.5. The molecular formula is C16H25NO2. The molecule has 1 aliphatic heterocycles. The van der Waals surface area contributed by atoms with E-state index >= 15 is 0 Å². The van der Waals surface area contributed by atoms with Gasteiger partial charge in [-0.15, -0.1) is 0 Å². The van der Waals surface area contributed by atoms with Crippen LogP contribution in [0.3, 0.4) is 0 Å². The van der Waals surface area contributed by atoms with Crippen molar-refractivity contribution in [2.45, 2.75) is 32.7 Å². The lowest BCUT2D eigenvalue weighted by Crippen LogP contribution is -2.29. The van der Waals surface area contributed by atoms with Crippen LogP contribution in [0.25, 0.3) is 0 Å². The van der Waals surface area contributed by atoms with Crippen molar-refractivity contribution >= 4 is 0 Å². The second-order valence-electron chi connectivity index (χ2n) is 5.19. The van der Waals surface area contributed by atoms with Crippen LogP contribution in [0.1, 0.15) is 38.3 Å². The Bertz CT molecular complexity index is 358. The summed E-state index contributed by atoms with van der Waals surface area (Å²) in [7, 11) is 0. The maximum absolute atomic E-state index is 5.46. The zero-order valence-corrected chi connectivity index (χ0v) is 12.0. The summed E-state index contributed by atoms with van der Waals surface area (Å²) in [5, 5.41) is 3.62. The van der Waals surface area contributed by atoms with Gasteiger partial charge in [0.25, 0.3) is 0 Å². The summed E-state index contributed by atoms with van der Waals surface area (Å²) in [6.07, 6.45) is 2.37. The van der Waals surface area contributed by atoms with Crippen LogP contribution >= 0.6 is 0 Å².